The fourth-order valence-electron chi connectivity index (χ4n) is 3.23. The van der Waals surface area contributed by atoms with E-state index in [0.717, 1.165) is 16.8 Å². The van der Waals surface area contributed by atoms with Crippen molar-refractivity contribution in [3.63, 3.8) is 0 Å². The summed E-state index contributed by atoms with van der Waals surface area (Å²) in [5.74, 6) is 0.0617. The number of guanidine groups is 1. The highest BCUT2D eigenvalue weighted by Crippen LogP contribution is 2.34. The number of rotatable bonds is 4. The first-order valence-corrected chi connectivity index (χ1v) is 9.03. The van der Waals surface area contributed by atoms with E-state index >= 15 is 0 Å². The van der Waals surface area contributed by atoms with E-state index in [9.17, 15) is 4.79 Å². The van der Waals surface area contributed by atoms with Crippen molar-refractivity contribution in [2.75, 3.05) is 5.32 Å². The molecule has 0 fully saturated rings. The number of nitrogens with one attached hydrogen (secondary N) is 2. The van der Waals surface area contributed by atoms with E-state index in [1.807, 2.05) is 91.0 Å². The van der Waals surface area contributed by atoms with E-state index in [1.54, 1.807) is 0 Å². The zero-order valence-corrected chi connectivity index (χ0v) is 15.2. The Morgan fingerprint density at radius 2 is 1.43 bits per heavy atom. The molecular weight excluding hydrogens is 348 g/mol. The van der Waals surface area contributed by atoms with Crippen LogP contribution >= 0.6 is 0 Å². The van der Waals surface area contributed by atoms with Crippen molar-refractivity contribution in [1.82, 2.24) is 5.32 Å². The summed E-state index contributed by atoms with van der Waals surface area (Å²) >= 11 is 0. The second-order valence-corrected chi connectivity index (χ2v) is 6.43. The number of aliphatic imine (C=N–C) groups is 1. The highest BCUT2D eigenvalue weighted by atomic mass is 16.1. The van der Waals surface area contributed by atoms with Gasteiger partial charge in [0.05, 0.1) is 11.3 Å². The maximum Gasteiger partial charge on any atom is 0.256 e. The number of hydrogen-bond donors (Lipinski definition) is 3. The Kier molecular flexibility index (Phi) is 4.89. The molecule has 138 valence electrons. The summed E-state index contributed by atoms with van der Waals surface area (Å²) in [6, 6.07) is 28.2. The van der Waals surface area contributed by atoms with Crippen LogP contribution in [0.25, 0.3) is 5.70 Å². The number of hydrogen-bond acceptors (Lipinski definition) is 4. The molecule has 1 unspecified atom stereocenters. The van der Waals surface area contributed by atoms with Crippen LogP contribution in [0.4, 0.5) is 5.69 Å². The van der Waals surface area contributed by atoms with Crippen LogP contribution in [-0.4, -0.2) is 11.9 Å². The van der Waals surface area contributed by atoms with Crippen LogP contribution < -0.4 is 16.4 Å². The molecule has 1 amide bonds. The van der Waals surface area contributed by atoms with Crippen molar-refractivity contribution in [3.8, 4) is 0 Å². The Labute approximate surface area is 163 Å². The van der Waals surface area contributed by atoms with Gasteiger partial charge in [0.25, 0.3) is 5.91 Å². The predicted molar refractivity (Wildman–Crippen MR) is 112 cm³/mol. The largest absolute Gasteiger partial charge is 0.370 e. The normalized spacial score (nSPS) is 16.1. The first-order chi connectivity index (χ1) is 13.7. The SMILES string of the molecule is NC1=NC(c2ccccc2)C(C(=O)Nc2ccccc2)=C(c2ccccc2)N1. The summed E-state index contributed by atoms with van der Waals surface area (Å²) in [4.78, 5) is 17.9. The highest BCUT2D eigenvalue weighted by molar-refractivity contribution is 6.12. The first-order valence-electron chi connectivity index (χ1n) is 9.03. The minimum Gasteiger partial charge on any atom is -0.370 e. The molecule has 4 rings (SSSR count). The van der Waals surface area contributed by atoms with Crippen LogP contribution in [0.2, 0.25) is 0 Å². The third kappa shape index (κ3) is 3.64. The quantitative estimate of drug-likeness (QED) is 0.657. The average Bonchev–Trinajstić information content (AvgIpc) is 2.75. The monoisotopic (exact) mass is 368 g/mol. The van der Waals surface area contributed by atoms with E-state index < -0.39 is 6.04 Å². The molecule has 1 aliphatic rings. The minimum atomic E-state index is -0.499. The lowest BCUT2D eigenvalue weighted by Gasteiger charge is -2.27. The van der Waals surface area contributed by atoms with Gasteiger partial charge in [-0.1, -0.05) is 78.9 Å². The molecule has 3 aromatic carbocycles. The van der Waals surface area contributed by atoms with Gasteiger partial charge >= 0.3 is 0 Å². The van der Waals surface area contributed by atoms with Gasteiger partial charge < -0.3 is 16.4 Å². The zero-order valence-electron chi connectivity index (χ0n) is 15.2. The van der Waals surface area contributed by atoms with Gasteiger partial charge in [-0.3, -0.25) is 4.79 Å². The van der Waals surface area contributed by atoms with E-state index in [4.69, 9.17) is 5.73 Å². The molecule has 0 aliphatic carbocycles. The van der Waals surface area contributed by atoms with Gasteiger partial charge in [-0.15, -0.1) is 0 Å². The molecule has 1 atom stereocenters. The predicted octanol–water partition coefficient (Wildman–Crippen LogP) is 3.70. The van der Waals surface area contributed by atoms with Crippen molar-refractivity contribution in [3.05, 3.63) is 108 Å². The van der Waals surface area contributed by atoms with Crippen molar-refractivity contribution in [1.29, 1.82) is 0 Å². The molecule has 5 heteroatoms. The topological polar surface area (TPSA) is 79.5 Å². The summed E-state index contributed by atoms with van der Waals surface area (Å²) in [5, 5.41) is 6.07. The van der Waals surface area contributed by atoms with Crippen molar-refractivity contribution < 1.29 is 4.79 Å². The Hall–Kier alpha value is -3.86. The Morgan fingerprint density at radius 3 is 2.07 bits per heavy atom. The van der Waals surface area contributed by atoms with Crippen LogP contribution in [0.15, 0.2) is 102 Å². The van der Waals surface area contributed by atoms with Gasteiger partial charge in [-0.25, -0.2) is 4.99 Å². The van der Waals surface area contributed by atoms with Crippen molar-refractivity contribution in [2.24, 2.45) is 10.7 Å². The molecule has 28 heavy (non-hydrogen) atoms. The van der Waals surface area contributed by atoms with Crippen LogP contribution in [0.3, 0.4) is 0 Å². The van der Waals surface area contributed by atoms with Crippen molar-refractivity contribution >= 4 is 23.3 Å². The van der Waals surface area contributed by atoms with Crippen LogP contribution in [0.5, 0.6) is 0 Å². The lowest BCUT2D eigenvalue weighted by atomic mass is 9.92. The molecule has 0 spiro atoms. The Balaban J connectivity index is 1.83. The number of carbonyl (C=O) groups is 1. The van der Waals surface area contributed by atoms with Gasteiger partial charge in [-0.2, -0.15) is 0 Å². The molecule has 0 aromatic heterocycles. The van der Waals surface area contributed by atoms with Gasteiger partial charge in [0.1, 0.15) is 6.04 Å². The lowest BCUT2D eigenvalue weighted by molar-refractivity contribution is -0.113. The Morgan fingerprint density at radius 1 is 0.857 bits per heavy atom. The summed E-state index contributed by atoms with van der Waals surface area (Å²) in [6.45, 7) is 0. The van der Waals surface area contributed by atoms with Gasteiger partial charge in [0.15, 0.2) is 5.96 Å². The number of para-hydroxylation sites is 1. The van der Waals surface area contributed by atoms with Crippen LogP contribution in [0, 0.1) is 0 Å². The standard InChI is InChI=1S/C23H20N4O/c24-23-26-20(16-10-4-1-5-11-16)19(21(27-23)17-12-6-2-7-13-17)22(28)25-18-14-8-3-9-15-18/h1-15,20H,(H,25,28)(H3,24,26,27). The van der Waals surface area contributed by atoms with Gasteiger partial charge in [0, 0.05) is 5.69 Å². The number of carbonyl (C=O) groups excluding carboxylic acids is 1. The van der Waals surface area contributed by atoms with Gasteiger partial charge in [0.2, 0.25) is 0 Å². The van der Waals surface area contributed by atoms with E-state index in [0.29, 0.717) is 11.3 Å². The maximum absolute atomic E-state index is 13.3. The Bertz CT molecular complexity index is 1030. The third-order valence-corrected chi connectivity index (χ3v) is 4.52. The van der Waals surface area contributed by atoms with E-state index in [2.05, 4.69) is 15.6 Å². The van der Waals surface area contributed by atoms with Crippen molar-refractivity contribution in [2.45, 2.75) is 6.04 Å². The van der Waals surface area contributed by atoms with Crippen LogP contribution in [-0.2, 0) is 4.79 Å². The molecule has 0 saturated heterocycles. The second-order valence-electron chi connectivity index (χ2n) is 6.43. The number of anilines is 1. The molecule has 5 nitrogen and oxygen atoms in total. The fourth-order valence-corrected chi connectivity index (χ4v) is 3.23. The van der Waals surface area contributed by atoms with E-state index in [-0.39, 0.29) is 11.9 Å². The molecule has 1 heterocycles. The summed E-state index contributed by atoms with van der Waals surface area (Å²) in [7, 11) is 0. The number of benzene rings is 3. The number of amides is 1. The minimum absolute atomic E-state index is 0.220. The summed E-state index contributed by atoms with van der Waals surface area (Å²) in [6.07, 6.45) is 0. The first kappa shape index (κ1) is 17.5. The molecule has 4 N–H and O–H groups in total. The lowest BCUT2D eigenvalue weighted by Crippen LogP contribution is -2.38. The molecule has 0 saturated carbocycles. The molecule has 1 aliphatic heterocycles. The summed E-state index contributed by atoms with van der Waals surface area (Å²) in [5.41, 5.74) is 9.76. The van der Waals surface area contributed by atoms with E-state index in [1.165, 1.54) is 0 Å². The number of nitrogens with two attached hydrogens (primary N) is 1. The summed E-state index contributed by atoms with van der Waals surface area (Å²) < 4.78 is 0. The second kappa shape index (κ2) is 7.80. The molecule has 3 aromatic rings. The van der Waals surface area contributed by atoms with Crippen LogP contribution in [0.1, 0.15) is 17.2 Å². The fraction of sp³-hybridized carbons (Fsp3) is 0.0435. The molecular formula is C23H20N4O. The smallest absolute Gasteiger partial charge is 0.256 e. The highest BCUT2D eigenvalue weighted by Gasteiger charge is 2.30. The zero-order chi connectivity index (χ0) is 19.3. The van der Waals surface area contributed by atoms with Gasteiger partial charge in [-0.05, 0) is 23.3 Å². The number of nitrogens with zero attached hydrogens (tertiary/aromatic N) is 1. The molecule has 0 bridgehead atoms. The maximum atomic E-state index is 13.3. The molecule has 0 radical (unpaired) electrons. The average molecular weight is 368 g/mol. The third-order valence-electron chi connectivity index (χ3n) is 4.52.